The van der Waals surface area contributed by atoms with Gasteiger partial charge in [-0.05, 0) is 45.4 Å². The van der Waals surface area contributed by atoms with Crippen LogP contribution < -0.4 is 10.1 Å². The highest BCUT2D eigenvalue weighted by Crippen LogP contribution is 2.37. The van der Waals surface area contributed by atoms with Gasteiger partial charge in [-0.3, -0.25) is 0 Å². The van der Waals surface area contributed by atoms with Crippen LogP contribution in [0.15, 0.2) is 18.2 Å². The van der Waals surface area contributed by atoms with E-state index in [1.165, 1.54) is 17.5 Å². The minimum absolute atomic E-state index is 0.245. The molecule has 0 radical (unpaired) electrons. The molecular weight excluding hydrogens is 186 g/mol. The third kappa shape index (κ3) is 2.00. The summed E-state index contributed by atoms with van der Waals surface area (Å²) in [4.78, 5) is 0. The highest BCUT2D eigenvalue weighted by Gasteiger charge is 2.24. The normalized spacial score (nSPS) is 19.3. The van der Waals surface area contributed by atoms with E-state index in [2.05, 4.69) is 37.4 Å². The van der Waals surface area contributed by atoms with Crippen molar-refractivity contribution in [3.63, 3.8) is 0 Å². The van der Waals surface area contributed by atoms with Crippen molar-refractivity contribution in [3.8, 4) is 5.75 Å². The van der Waals surface area contributed by atoms with E-state index in [-0.39, 0.29) is 6.10 Å². The quantitative estimate of drug-likeness (QED) is 0.819. The Labute approximate surface area is 91.6 Å². The molecule has 1 aromatic rings. The van der Waals surface area contributed by atoms with E-state index in [0.717, 1.165) is 12.2 Å². The lowest BCUT2D eigenvalue weighted by molar-refractivity contribution is 0.238. The zero-order valence-corrected chi connectivity index (χ0v) is 9.71. The minimum atomic E-state index is 0.245. The Kier molecular flexibility index (Phi) is 2.96. The molecule has 2 nitrogen and oxygen atoms in total. The van der Waals surface area contributed by atoms with Gasteiger partial charge in [0.05, 0.1) is 6.10 Å². The van der Waals surface area contributed by atoms with E-state index in [1.807, 2.05) is 7.05 Å². The fourth-order valence-corrected chi connectivity index (χ4v) is 2.29. The van der Waals surface area contributed by atoms with Crippen molar-refractivity contribution in [2.75, 3.05) is 7.05 Å². The lowest BCUT2D eigenvalue weighted by atomic mass is 10.1. The van der Waals surface area contributed by atoms with Gasteiger partial charge in [0.15, 0.2) is 0 Å². The van der Waals surface area contributed by atoms with E-state index < -0.39 is 0 Å². The van der Waals surface area contributed by atoms with Crippen LogP contribution >= 0.6 is 0 Å². The van der Waals surface area contributed by atoms with Crippen molar-refractivity contribution < 1.29 is 4.74 Å². The monoisotopic (exact) mass is 205 g/mol. The molecule has 15 heavy (non-hydrogen) atoms. The number of aryl methyl sites for hydroxylation is 1. The average molecular weight is 205 g/mol. The minimum Gasteiger partial charge on any atom is -0.491 e. The van der Waals surface area contributed by atoms with Gasteiger partial charge in [-0.2, -0.15) is 0 Å². The maximum Gasteiger partial charge on any atom is 0.124 e. The van der Waals surface area contributed by atoms with Crippen molar-refractivity contribution in [1.82, 2.24) is 5.32 Å². The highest BCUT2D eigenvalue weighted by atomic mass is 16.5. The van der Waals surface area contributed by atoms with Crippen molar-refractivity contribution in [1.29, 1.82) is 0 Å². The molecule has 0 aromatic heterocycles. The first-order chi connectivity index (χ1) is 7.22. The van der Waals surface area contributed by atoms with E-state index >= 15 is 0 Å². The van der Waals surface area contributed by atoms with Gasteiger partial charge in [-0.15, -0.1) is 0 Å². The molecule has 2 heteroatoms. The number of fused-ring (bicyclic) bond motifs is 1. The summed E-state index contributed by atoms with van der Waals surface area (Å²) in [6.07, 6.45) is 2.59. The van der Waals surface area contributed by atoms with Gasteiger partial charge in [0.25, 0.3) is 0 Å². The van der Waals surface area contributed by atoms with Gasteiger partial charge in [0.2, 0.25) is 0 Å². The predicted octanol–water partition coefficient (Wildman–Crippen LogP) is 2.68. The molecule has 0 spiro atoms. The van der Waals surface area contributed by atoms with Gasteiger partial charge in [-0.25, -0.2) is 0 Å². The molecule has 0 fully saturated rings. The molecule has 1 aliphatic rings. The number of benzene rings is 1. The van der Waals surface area contributed by atoms with Gasteiger partial charge in [0, 0.05) is 11.6 Å². The summed E-state index contributed by atoms with van der Waals surface area (Å²) in [6.45, 7) is 4.14. The Morgan fingerprint density at radius 3 is 2.87 bits per heavy atom. The summed E-state index contributed by atoms with van der Waals surface area (Å²) in [6, 6.07) is 6.85. The van der Waals surface area contributed by atoms with Gasteiger partial charge >= 0.3 is 0 Å². The SMILES string of the molecule is CNC1CCc2cccc(OC(C)C)c21. The van der Waals surface area contributed by atoms with Crippen LogP contribution in [0.3, 0.4) is 0 Å². The van der Waals surface area contributed by atoms with Crippen molar-refractivity contribution >= 4 is 0 Å². The van der Waals surface area contributed by atoms with Crippen molar-refractivity contribution in [2.45, 2.75) is 38.8 Å². The van der Waals surface area contributed by atoms with Crippen LogP contribution in [0.4, 0.5) is 0 Å². The van der Waals surface area contributed by atoms with Crippen molar-refractivity contribution in [3.05, 3.63) is 29.3 Å². The van der Waals surface area contributed by atoms with Crippen LogP contribution in [0.1, 0.15) is 37.4 Å². The third-order valence-corrected chi connectivity index (χ3v) is 2.92. The maximum absolute atomic E-state index is 5.85. The first kappa shape index (κ1) is 10.5. The second-order valence-electron chi connectivity index (χ2n) is 4.38. The van der Waals surface area contributed by atoms with Gasteiger partial charge in [-0.1, -0.05) is 12.1 Å². The summed E-state index contributed by atoms with van der Waals surface area (Å²) in [5.41, 5.74) is 2.81. The van der Waals surface area contributed by atoms with Crippen LogP contribution in [-0.4, -0.2) is 13.2 Å². The summed E-state index contributed by atoms with van der Waals surface area (Å²) in [5.74, 6) is 1.05. The molecule has 1 aliphatic carbocycles. The lowest BCUT2D eigenvalue weighted by Crippen LogP contribution is -2.15. The zero-order chi connectivity index (χ0) is 10.8. The molecule has 0 amide bonds. The first-order valence-electron chi connectivity index (χ1n) is 5.68. The van der Waals surface area contributed by atoms with Crippen molar-refractivity contribution in [2.24, 2.45) is 0 Å². The smallest absolute Gasteiger partial charge is 0.124 e. The molecule has 0 bridgehead atoms. The second-order valence-corrected chi connectivity index (χ2v) is 4.38. The highest BCUT2D eigenvalue weighted by molar-refractivity contribution is 5.45. The molecule has 1 aromatic carbocycles. The Morgan fingerprint density at radius 2 is 2.20 bits per heavy atom. The Morgan fingerprint density at radius 1 is 1.40 bits per heavy atom. The van der Waals surface area contributed by atoms with E-state index in [1.54, 1.807) is 0 Å². The molecule has 1 unspecified atom stereocenters. The topological polar surface area (TPSA) is 21.3 Å². The zero-order valence-electron chi connectivity index (χ0n) is 9.71. The molecule has 0 heterocycles. The van der Waals surface area contributed by atoms with Crippen LogP contribution in [0.25, 0.3) is 0 Å². The molecule has 2 rings (SSSR count). The Bertz CT molecular complexity index is 346. The second kappa shape index (κ2) is 4.23. The number of hydrogen-bond acceptors (Lipinski definition) is 2. The third-order valence-electron chi connectivity index (χ3n) is 2.92. The van der Waals surface area contributed by atoms with E-state index in [0.29, 0.717) is 6.04 Å². The molecule has 82 valence electrons. The standard InChI is InChI=1S/C13H19NO/c1-9(2)15-12-6-4-5-10-7-8-11(14-3)13(10)12/h4-6,9,11,14H,7-8H2,1-3H3. The summed E-state index contributed by atoms with van der Waals surface area (Å²) < 4.78 is 5.85. The maximum atomic E-state index is 5.85. The molecule has 0 aliphatic heterocycles. The lowest BCUT2D eigenvalue weighted by Gasteiger charge is -2.17. The van der Waals surface area contributed by atoms with Crippen LogP contribution in [0, 0.1) is 0 Å². The molecule has 0 saturated carbocycles. The summed E-state index contributed by atoms with van der Waals surface area (Å²) in [7, 11) is 2.02. The van der Waals surface area contributed by atoms with Crippen LogP contribution in [0.5, 0.6) is 5.75 Å². The molecule has 1 N–H and O–H groups in total. The number of ether oxygens (including phenoxy) is 1. The summed E-state index contributed by atoms with van der Waals surface area (Å²) in [5, 5.41) is 3.35. The fraction of sp³-hybridized carbons (Fsp3) is 0.538. The summed E-state index contributed by atoms with van der Waals surface area (Å²) >= 11 is 0. The predicted molar refractivity (Wildman–Crippen MR) is 62.3 cm³/mol. The molecular formula is C13H19NO. The fourth-order valence-electron chi connectivity index (χ4n) is 2.29. The Balaban J connectivity index is 2.35. The molecule has 1 atom stereocenters. The molecule has 0 saturated heterocycles. The van der Waals surface area contributed by atoms with Gasteiger partial charge in [0.1, 0.15) is 5.75 Å². The Hall–Kier alpha value is -1.02. The average Bonchev–Trinajstić information content (AvgIpc) is 2.61. The first-order valence-corrected chi connectivity index (χ1v) is 5.68. The van der Waals surface area contributed by atoms with Crippen LogP contribution in [0.2, 0.25) is 0 Å². The van der Waals surface area contributed by atoms with Gasteiger partial charge < -0.3 is 10.1 Å². The number of rotatable bonds is 3. The number of hydrogen-bond donors (Lipinski definition) is 1. The van der Waals surface area contributed by atoms with Crippen LogP contribution in [-0.2, 0) is 6.42 Å². The number of nitrogens with one attached hydrogen (secondary N) is 1. The largest absolute Gasteiger partial charge is 0.491 e. The van der Waals surface area contributed by atoms with E-state index in [9.17, 15) is 0 Å². The van der Waals surface area contributed by atoms with E-state index in [4.69, 9.17) is 4.74 Å².